The molecule has 0 aromatic heterocycles. The number of rotatable bonds is 3. The third kappa shape index (κ3) is 4.28. The van der Waals surface area contributed by atoms with Gasteiger partial charge in [-0.15, -0.1) is 0 Å². The average molecular weight is 309 g/mol. The van der Waals surface area contributed by atoms with Crippen LogP contribution in [0.25, 0.3) is 0 Å². The fourth-order valence-corrected chi connectivity index (χ4v) is 1.65. The molecule has 0 amide bonds. The van der Waals surface area contributed by atoms with Gasteiger partial charge in [-0.25, -0.2) is 13.2 Å². The fraction of sp³-hybridized carbons (Fsp3) is 0. The molecule has 0 saturated carbocycles. The Labute approximate surface area is 124 Å². The molecule has 0 bridgehead atoms. The van der Waals surface area contributed by atoms with E-state index < -0.39 is 11.6 Å². The Hall–Kier alpha value is -2.41. The van der Waals surface area contributed by atoms with Crippen LogP contribution in [-0.4, -0.2) is 11.3 Å². The molecule has 0 spiro atoms. The summed E-state index contributed by atoms with van der Waals surface area (Å²) in [6.07, 6.45) is 0.989. The van der Waals surface area contributed by atoms with Crippen molar-refractivity contribution >= 4 is 29.2 Å². The molecule has 0 aliphatic rings. The SMILES string of the molecule is Fc1ccc(NC(=S)N/N=C\c2c(F)cccc2F)cc1. The zero-order valence-electron chi connectivity index (χ0n) is 10.6. The summed E-state index contributed by atoms with van der Waals surface area (Å²) < 4.78 is 39.4. The maximum absolute atomic E-state index is 13.3. The topological polar surface area (TPSA) is 36.4 Å². The van der Waals surface area contributed by atoms with Crippen LogP contribution in [0.4, 0.5) is 18.9 Å². The van der Waals surface area contributed by atoms with Gasteiger partial charge in [-0.3, -0.25) is 5.43 Å². The van der Waals surface area contributed by atoms with Crippen LogP contribution < -0.4 is 10.7 Å². The molecule has 2 rings (SSSR count). The number of hydrazone groups is 1. The highest BCUT2D eigenvalue weighted by atomic mass is 32.1. The minimum absolute atomic E-state index is 0.106. The van der Waals surface area contributed by atoms with E-state index in [4.69, 9.17) is 12.2 Å². The lowest BCUT2D eigenvalue weighted by Gasteiger charge is -2.06. The van der Waals surface area contributed by atoms with Gasteiger partial charge < -0.3 is 5.32 Å². The first kappa shape index (κ1) is 15.0. The normalized spacial score (nSPS) is 10.6. The quantitative estimate of drug-likeness (QED) is 0.518. The van der Waals surface area contributed by atoms with E-state index in [2.05, 4.69) is 15.8 Å². The summed E-state index contributed by atoms with van der Waals surface area (Å²) >= 11 is 4.93. The van der Waals surface area contributed by atoms with Crippen LogP contribution >= 0.6 is 12.2 Å². The summed E-state index contributed by atoms with van der Waals surface area (Å²) in [6.45, 7) is 0. The molecule has 0 unspecified atom stereocenters. The first-order valence-electron chi connectivity index (χ1n) is 5.86. The molecule has 2 N–H and O–H groups in total. The summed E-state index contributed by atoms with van der Waals surface area (Å²) in [5, 5.41) is 6.49. The van der Waals surface area contributed by atoms with E-state index in [1.807, 2.05) is 0 Å². The Morgan fingerprint density at radius 2 is 1.62 bits per heavy atom. The van der Waals surface area contributed by atoms with Gasteiger partial charge in [-0.05, 0) is 48.6 Å². The first-order chi connectivity index (χ1) is 10.1. The molecule has 108 valence electrons. The summed E-state index contributed by atoms with van der Waals surface area (Å²) in [5.41, 5.74) is 2.70. The van der Waals surface area contributed by atoms with Gasteiger partial charge in [-0.1, -0.05) is 6.07 Å². The van der Waals surface area contributed by atoms with Gasteiger partial charge in [0.1, 0.15) is 17.5 Å². The Morgan fingerprint density at radius 3 is 2.24 bits per heavy atom. The van der Waals surface area contributed by atoms with E-state index in [1.165, 1.54) is 30.3 Å². The van der Waals surface area contributed by atoms with Gasteiger partial charge in [0, 0.05) is 5.69 Å². The first-order valence-corrected chi connectivity index (χ1v) is 6.27. The van der Waals surface area contributed by atoms with Crippen molar-refractivity contribution in [1.82, 2.24) is 5.43 Å². The third-order valence-corrected chi connectivity index (χ3v) is 2.65. The highest BCUT2D eigenvalue weighted by Crippen LogP contribution is 2.09. The Morgan fingerprint density at radius 1 is 1.00 bits per heavy atom. The van der Waals surface area contributed by atoms with Gasteiger partial charge in [0.15, 0.2) is 5.11 Å². The van der Waals surface area contributed by atoms with Gasteiger partial charge in [0.2, 0.25) is 0 Å². The predicted octanol–water partition coefficient (Wildman–Crippen LogP) is 3.42. The highest BCUT2D eigenvalue weighted by Gasteiger charge is 2.05. The standard InChI is InChI=1S/C14H10F3N3S/c15-9-4-6-10(7-5-9)19-14(21)20-18-8-11-12(16)2-1-3-13(11)17/h1-8H,(H2,19,20,21)/b18-8-. The van der Waals surface area contributed by atoms with Crippen LogP contribution in [0.5, 0.6) is 0 Å². The lowest BCUT2D eigenvalue weighted by Crippen LogP contribution is -2.23. The minimum Gasteiger partial charge on any atom is -0.331 e. The monoisotopic (exact) mass is 309 g/mol. The zero-order valence-corrected chi connectivity index (χ0v) is 11.4. The van der Waals surface area contributed by atoms with E-state index in [-0.39, 0.29) is 16.5 Å². The van der Waals surface area contributed by atoms with Crippen molar-refractivity contribution in [1.29, 1.82) is 0 Å². The van der Waals surface area contributed by atoms with Gasteiger partial charge in [-0.2, -0.15) is 5.10 Å². The molecule has 0 radical (unpaired) electrons. The number of hydrogen-bond donors (Lipinski definition) is 2. The molecule has 0 atom stereocenters. The number of nitrogens with one attached hydrogen (secondary N) is 2. The number of hydrogen-bond acceptors (Lipinski definition) is 2. The molecule has 0 aliphatic heterocycles. The largest absolute Gasteiger partial charge is 0.331 e. The molecule has 0 saturated heterocycles. The molecule has 0 heterocycles. The lowest BCUT2D eigenvalue weighted by atomic mass is 10.2. The predicted molar refractivity (Wildman–Crippen MR) is 79.7 cm³/mol. The summed E-state index contributed by atoms with van der Waals surface area (Å²) in [5.74, 6) is -1.82. The summed E-state index contributed by atoms with van der Waals surface area (Å²) in [4.78, 5) is 0. The van der Waals surface area contributed by atoms with Crippen molar-refractivity contribution in [2.75, 3.05) is 5.32 Å². The van der Waals surface area contributed by atoms with Crippen LogP contribution in [-0.2, 0) is 0 Å². The van der Waals surface area contributed by atoms with Crippen LogP contribution in [0, 0.1) is 17.5 Å². The van der Waals surface area contributed by atoms with Crippen molar-refractivity contribution in [3.8, 4) is 0 Å². The Kier molecular flexibility index (Phi) is 4.89. The Balaban J connectivity index is 1.95. The van der Waals surface area contributed by atoms with E-state index in [0.29, 0.717) is 5.69 Å². The van der Waals surface area contributed by atoms with Gasteiger partial charge >= 0.3 is 0 Å². The smallest absolute Gasteiger partial charge is 0.191 e. The van der Waals surface area contributed by atoms with Gasteiger partial charge in [0.05, 0.1) is 11.8 Å². The number of nitrogens with zero attached hydrogens (tertiary/aromatic N) is 1. The third-order valence-electron chi connectivity index (χ3n) is 2.46. The van der Waals surface area contributed by atoms with E-state index in [0.717, 1.165) is 18.3 Å². The summed E-state index contributed by atoms with van der Waals surface area (Å²) in [6, 6.07) is 9.02. The Bertz CT molecular complexity index is 651. The molecular formula is C14H10F3N3S. The molecule has 0 fully saturated rings. The van der Waals surface area contributed by atoms with Crippen LogP contribution in [0.3, 0.4) is 0 Å². The second kappa shape index (κ2) is 6.85. The zero-order chi connectivity index (χ0) is 15.2. The minimum atomic E-state index is -0.724. The number of benzene rings is 2. The molecule has 3 nitrogen and oxygen atoms in total. The molecule has 2 aromatic rings. The van der Waals surface area contributed by atoms with Gasteiger partial charge in [0.25, 0.3) is 0 Å². The summed E-state index contributed by atoms with van der Waals surface area (Å²) in [7, 11) is 0. The van der Waals surface area contributed by atoms with Crippen molar-refractivity contribution in [3.63, 3.8) is 0 Å². The number of halogens is 3. The number of anilines is 1. The second-order valence-electron chi connectivity index (χ2n) is 3.97. The molecule has 21 heavy (non-hydrogen) atoms. The maximum Gasteiger partial charge on any atom is 0.191 e. The van der Waals surface area contributed by atoms with E-state index in [9.17, 15) is 13.2 Å². The lowest BCUT2D eigenvalue weighted by molar-refractivity contribution is 0.580. The molecular weight excluding hydrogens is 299 g/mol. The van der Waals surface area contributed by atoms with Crippen molar-refractivity contribution in [2.45, 2.75) is 0 Å². The maximum atomic E-state index is 13.3. The molecule has 0 aliphatic carbocycles. The number of thiocarbonyl (C=S) groups is 1. The van der Waals surface area contributed by atoms with Crippen molar-refractivity contribution in [2.24, 2.45) is 5.10 Å². The average Bonchev–Trinajstić information content (AvgIpc) is 2.45. The van der Waals surface area contributed by atoms with Crippen LogP contribution in [0.15, 0.2) is 47.6 Å². The molecule has 2 aromatic carbocycles. The van der Waals surface area contributed by atoms with E-state index >= 15 is 0 Å². The molecule has 7 heteroatoms. The van der Waals surface area contributed by atoms with Crippen molar-refractivity contribution < 1.29 is 13.2 Å². The van der Waals surface area contributed by atoms with E-state index in [1.54, 1.807) is 0 Å². The van der Waals surface area contributed by atoms with Crippen LogP contribution in [0.2, 0.25) is 0 Å². The van der Waals surface area contributed by atoms with Crippen LogP contribution in [0.1, 0.15) is 5.56 Å². The second-order valence-corrected chi connectivity index (χ2v) is 4.37. The fourth-order valence-electron chi connectivity index (χ4n) is 1.48. The highest BCUT2D eigenvalue weighted by molar-refractivity contribution is 7.80. The van der Waals surface area contributed by atoms with Crippen molar-refractivity contribution in [3.05, 3.63) is 65.5 Å².